The van der Waals surface area contributed by atoms with Crippen molar-refractivity contribution in [3.05, 3.63) is 4.85 Å². The molecule has 38 valence electrons. The Morgan fingerprint density at radius 3 is 2.14 bits per heavy atom. The van der Waals surface area contributed by atoms with E-state index >= 15 is 0 Å². The molecule has 2 nitrogen and oxygen atoms in total. The predicted molar refractivity (Wildman–Crippen MR) is 28.8 cm³/mol. The average Bonchev–Trinajstić information content (AvgIpc) is 1.65. The third-order valence-corrected chi connectivity index (χ3v) is 0.687. The number of amides is 1. The zero-order valence-corrected chi connectivity index (χ0v) is 4.78. The van der Waals surface area contributed by atoms with Crippen molar-refractivity contribution in [1.29, 1.82) is 0 Å². The highest BCUT2D eigenvalue weighted by Crippen LogP contribution is 2.01. The summed E-state index contributed by atoms with van der Waals surface area (Å²) in [6.45, 7) is 4.48. The van der Waals surface area contributed by atoms with Crippen molar-refractivity contribution in [2.24, 2.45) is 0 Å². The number of alkyl halides is 2. The molecule has 0 aromatic carbocycles. The first-order valence-corrected chi connectivity index (χ1v) is 2.28. The maximum atomic E-state index is 9.96. The fraction of sp³-hybridized carbons (Fsp3) is 0.333. The molecule has 0 rings (SSSR count). The minimum absolute atomic E-state index is 0.719. The van der Waals surface area contributed by atoms with Crippen LogP contribution >= 0.6 is 23.2 Å². The number of halogens is 2. The molecule has 0 spiro atoms. The van der Waals surface area contributed by atoms with Crippen molar-refractivity contribution >= 4 is 29.1 Å². The van der Waals surface area contributed by atoms with Crippen molar-refractivity contribution in [1.82, 2.24) is 0 Å². The first-order valence-electron chi connectivity index (χ1n) is 1.41. The van der Waals surface area contributed by atoms with Gasteiger partial charge in [-0.05, 0) is 0 Å². The minimum Gasteiger partial charge on any atom is -0.198 e. The average molecular weight is 139 g/mol. The lowest BCUT2D eigenvalue weighted by Gasteiger charge is -1.73. The zero-order chi connectivity index (χ0) is 5.86. The van der Waals surface area contributed by atoms with Crippen LogP contribution < -0.4 is 0 Å². The highest BCUT2D eigenvalue weighted by molar-refractivity contribution is 6.54. The van der Waals surface area contributed by atoms with Crippen LogP contribution in [0.4, 0.5) is 0 Å². The van der Waals surface area contributed by atoms with Gasteiger partial charge < -0.3 is 0 Å². The summed E-state index contributed by atoms with van der Waals surface area (Å²) in [7, 11) is 0. The molecule has 0 aromatic heterocycles. The van der Waals surface area contributed by atoms with Crippen LogP contribution in [0.2, 0.25) is 0 Å². The monoisotopic (exact) mass is 138 g/mol. The third-order valence-electron chi connectivity index (χ3n) is 0.314. The fourth-order valence-corrected chi connectivity index (χ4v) is 0.169. The van der Waals surface area contributed by atoms with Gasteiger partial charge in [0.25, 0.3) is 11.4 Å². The summed E-state index contributed by atoms with van der Waals surface area (Å²) >= 11 is 9.94. The SMILES string of the molecule is C#[N+]C(=O)C(Cl)Cl. The Morgan fingerprint density at radius 1 is 1.71 bits per heavy atom. The highest BCUT2D eigenvalue weighted by Gasteiger charge is 2.19. The quantitative estimate of drug-likeness (QED) is 0.501. The molecule has 0 saturated heterocycles. The molecule has 0 N–H and O–H groups in total. The van der Waals surface area contributed by atoms with Gasteiger partial charge in [-0.3, -0.25) is 0 Å². The van der Waals surface area contributed by atoms with E-state index in [0.29, 0.717) is 0 Å². The van der Waals surface area contributed by atoms with Gasteiger partial charge in [0.2, 0.25) is 0 Å². The first kappa shape index (κ1) is 6.74. The Bertz CT molecular complexity index is 115. The van der Waals surface area contributed by atoms with Crippen molar-refractivity contribution in [2.45, 2.75) is 4.84 Å². The number of rotatable bonds is 1. The Kier molecular flexibility index (Phi) is 2.73. The molecule has 0 aliphatic heterocycles. The van der Waals surface area contributed by atoms with E-state index in [-0.39, 0.29) is 0 Å². The van der Waals surface area contributed by atoms with E-state index in [1.54, 1.807) is 0 Å². The van der Waals surface area contributed by atoms with E-state index in [9.17, 15) is 4.79 Å². The van der Waals surface area contributed by atoms with Crippen LogP contribution in [0, 0.1) is 6.57 Å². The Labute approximate surface area is 50.8 Å². The van der Waals surface area contributed by atoms with Gasteiger partial charge >= 0.3 is 5.91 Å². The summed E-state index contributed by atoms with van der Waals surface area (Å²) in [4.78, 5) is 11.5. The highest BCUT2D eigenvalue weighted by atomic mass is 35.5. The van der Waals surface area contributed by atoms with Gasteiger partial charge in [0, 0.05) is 4.85 Å². The second-order valence-electron chi connectivity index (χ2n) is 0.768. The van der Waals surface area contributed by atoms with Crippen LogP contribution in [0.15, 0.2) is 0 Å². The van der Waals surface area contributed by atoms with Crippen molar-refractivity contribution in [3.8, 4) is 6.57 Å². The van der Waals surface area contributed by atoms with Crippen LogP contribution in [-0.4, -0.2) is 10.7 Å². The first-order chi connectivity index (χ1) is 3.18. The molecule has 0 radical (unpaired) electrons. The fourth-order valence-electron chi connectivity index (χ4n) is 0.0563. The van der Waals surface area contributed by atoms with Gasteiger partial charge in [0.15, 0.2) is 0 Å². The topological polar surface area (TPSA) is 21.4 Å². The van der Waals surface area contributed by atoms with E-state index in [1.807, 2.05) is 0 Å². The number of hydrogen-bond acceptors (Lipinski definition) is 1. The lowest BCUT2D eigenvalue weighted by atomic mass is 10.7. The molecule has 0 aliphatic carbocycles. The van der Waals surface area contributed by atoms with Gasteiger partial charge in [-0.25, -0.2) is 0 Å². The molecule has 0 fully saturated rings. The number of hydrogen-bond donors (Lipinski definition) is 0. The summed E-state index contributed by atoms with van der Waals surface area (Å²) in [6, 6.07) is 0. The molecule has 1 amide bonds. The molecule has 0 saturated carbocycles. The van der Waals surface area contributed by atoms with E-state index in [4.69, 9.17) is 23.2 Å². The summed E-state index contributed by atoms with van der Waals surface area (Å²) < 4.78 is 0. The lowest BCUT2D eigenvalue weighted by Crippen LogP contribution is -1.99. The van der Waals surface area contributed by atoms with Gasteiger partial charge in [0.05, 0.1) is 0 Å². The molecule has 0 heterocycles. The molecular weight excluding hydrogens is 137 g/mol. The Morgan fingerprint density at radius 2 is 2.14 bits per heavy atom. The minimum atomic E-state index is -1.12. The van der Waals surface area contributed by atoms with Crippen molar-refractivity contribution in [2.75, 3.05) is 0 Å². The maximum Gasteiger partial charge on any atom is 0.547 e. The summed E-state index contributed by atoms with van der Waals surface area (Å²) in [6.07, 6.45) is 0. The summed E-state index contributed by atoms with van der Waals surface area (Å²) in [5.41, 5.74) is 0. The smallest absolute Gasteiger partial charge is 0.198 e. The van der Waals surface area contributed by atoms with Crippen LogP contribution in [0.3, 0.4) is 0 Å². The molecule has 4 heteroatoms. The van der Waals surface area contributed by atoms with Gasteiger partial charge in [-0.15, -0.1) is 0 Å². The normalized spacial score (nSPS) is 8.29. The number of carbonyl (C=O) groups is 1. The van der Waals surface area contributed by atoms with Crippen LogP contribution in [0.5, 0.6) is 0 Å². The summed E-state index contributed by atoms with van der Waals surface area (Å²) in [5.74, 6) is -0.719. The van der Waals surface area contributed by atoms with Gasteiger partial charge in [-0.2, -0.15) is 4.79 Å². The van der Waals surface area contributed by atoms with Crippen LogP contribution in [0.1, 0.15) is 0 Å². The lowest BCUT2D eigenvalue weighted by molar-refractivity contribution is -0.113. The predicted octanol–water partition coefficient (Wildman–Crippen LogP) is 1.28. The second-order valence-corrected chi connectivity index (χ2v) is 1.86. The molecule has 0 atom stereocenters. The largest absolute Gasteiger partial charge is 0.547 e. The molecule has 0 aromatic rings. The Hall–Kier alpha value is -0.260. The van der Waals surface area contributed by atoms with Gasteiger partial charge in [0.1, 0.15) is 0 Å². The molecular formula is C3H2Cl2NO+. The van der Waals surface area contributed by atoms with Crippen molar-refractivity contribution < 1.29 is 4.79 Å². The van der Waals surface area contributed by atoms with E-state index < -0.39 is 10.7 Å². The van der Waals surface area contributed by atoms with Crippen LogP contribution in [-0.2, 0) is 4.79 Å². The standard InChI is InChI=1S/C3H2Cl2NO/c1-6-3(7)2(4)5/h1-2H/q+1. The van der Waals surface area contributed by atoms with E-state index in [1.165, 1.54) is 0 Å². The van der Waals surface area contributed by atoms with Crippen LogP contribution in [0.25, 0.3) is 4.85 Å². The van der Waals surface area contributed by atoms with Gasteiger partial charge in [-0.1, -0.05) is 23.2 Å². The number of nitrogens with zero attached hydrogens (tertiary/aromatic N) is 1. The number of carbonyl (C=O) groups excluding carboxylic acids is 1. The zero-order valence-electron chi connectivity index (χ0n) is 3.27. The maximum absolute atomic E-state index is 9.96. The summed E-state index contributed by atoms with van der Waals surface area (Å²) in [5, 5.41) is 0. The third kappa shape index (κ3) is 2.44. The molecule has 0 unspecified atom stereocenters. The molecule has 7 heavy (non-hydrogen) atoms. The van der Waals surface area contributed by atoms with E-state index in [2.05, 4.69) is 11.4 Å². The molecule has 0 bridgehead atoms. The van der Waals surface area contributed by atoms with E-state index in [0.717, 1.165) is 0 Å². The Balaban J connectivity index is 3.64. The molecule has 0 aliphatic rings. The van der Waals surface area contributed by atoms with Crippen molar-refractivity contribution in [3.63, 3.8) is 0 Å². The second kappa shape index (κ2) is 2.84.